The topological polar surface area (TPSA) is 59.8 Å². The zero-order valence-electron chi connectivity index (χ0n) is 10.4. The Hall–Kier alpha value is -1.82. The van der Waals surface area contributed by atoms with Crippen molar-refractivity contribution in [2.24, 2.45) is 0 Å². The molecular formula is C13H14N4OS. The average molecular weight is 274 g/mol. The van der Waals surface area contributed by atoms with E-state index in [1.165, 1.54) is 0 Å². The SMILES string of the molecule is O=C(Cc1ccccc1)Nc1nnc2n1CCCS2. The highest BCUT2D eigenvalue weighted by molar-refractivity contribution is 7.99. The number of nitrogens with zero attached hydrogens (tertiary/aromatic N) is 3. The summed E-state index contributed by atoms with van der Waals surface area (Å²) in [7, 11) is 0. The van der Waals surface area contributed by atoms with Crippen molar-refractivity contribution >= 4 is 23.6 Å². The molecule has 0 radical (unpaired) electrons. The second kappa shape index (κ2) is 5.44. The predicted molar refractivity (Wildman–Crippen MR) is 74.1 cm³/mol. The molecule has 0 spiro atoms. The van der Waals surface area contributed by atoms with Crippen molar-refractivity contribution in [3.05, 3.63) is 35.9 Å². The molecule has 0 saturated carbocycles. The van der Waals surface area contributed by atoms with E-state index in [1.54, 1.807) is 11.8 Å². The number of thioether (sulfide) groups is 1. The molecule has 1 aromatic carbocycles. The number of carbonyl (C=O) groups excluding carboxylic acids is 1. The number of aromatic nitrogens is 3. The fourth-order valence-electron chi connectivity index (χ4n) is 2.03. The summed E-state index contributed by atoms with van der Waals surface area (Å²) in [6.07, 6.45) is 1.44. The Morgan fingerprint density at radius 1 is 1.32 bits per heavy atom. The van der Waals surface area contributed by atoms with Gasteiger partial charge in [-0.1, -0.05) is 42.1 Å². The molecule has 0 bridgehead atoms. The summed E-state index contributed by atoms with van der Waals surface area (Å²) in [6.45, 7) is 0.871. The zero-order chi connectivity index (χ0) is 13.1. The Morgan fingerprint density at radius 2 is 2.16 bits per heavy atom. The van der Waals surface area contributed by atoms with Crippen LogP contribution in [-0.2, 0) is 17.8 Å². The van der Waals surface area contributed by atoms with Gasteiger partial charge < -0.3 is 0 Å². The molecule has 1 amide bonds. The normalized spacial score (nSPS) is 13.9. The predicted octanol–water partition coefficient (Wildman–Crippen LogP) is 1.96. The van der Waals surface area contributed by atoms with Crippen LogP contribution in [0.15, 0.2) is 35.5 Å². The third-order valence-corrected chi connectivity index (χ3v) is 3.99. The largest absolute Gasteiger partial charge is 0.294 e. The van der Waals surface area contributed by atoms with Gasteiger partial charge in [-0.25, -0.2) is 0 Å². The Bertz CT molecular complexity index is 582. The molecular weight excluding hydrogens is 260 g/mol. The lowest BCUT2D eigenvalue weighted by atomic mass is 10.1. The van der Waals surface area contributed by atoms with Crippen LogP contribution in [0.4, 0.5) is 5.95 Å². The minimum absolute atomic E-state index is 0.0584. The van der Waals surface area contributed by atoms with Gasteiger partial charge >= 0.3 is 0 Å². The number of fused-ring (bicyclic) bond motifs is 1. The summed E-state index contributed by atoms with van der Waals surface area (Å²) in [4.78, 5) is 12.0. The second-order valence-corrected chi connectivity index (χ2v) is 5.43. The molecule has 1 aromatic heterocycles. The van der Waals surface area contributed by atoms with Crippen LogP contribution in [0.1, 0.15) is 12.0 Å². The summed E-state index contributed by atoms with van der Waals surface area (Å²) in [5.74, 6) is 1.57. The highest BCUT2D eigenvalue weighted by atomic mass is 32.2. The van der Waals surface area contributed by atoms with Crippen LogP contribution in [0.25, 0.3) is 0 Å². The molecule has 3 rings (SSSR count). The molecule has 0 unspecified atom stereocenters. The Balaban J connectivity index is 1.68. The molecule has 19 heavy (non-hydrogen) atoms. The van der Waals surface area contributed by atoms with E-state index < -0.39 is 0 Å². The van der Waals surface area contributed by atoms with Gasteiger partial charge in [-0.15, -0.1) is 10.2 Å². The molecule has 98 valence electrons. The minimum Gasteiger partial charge on any atom is -0.294 e. The first-order valence-corrected chi connectivity index (χ1v) is 7.21. The standard InChI is InChI=1S/C13H14N4OS/c18-11(9-10-5-2-1-3-6-10)14-12-15-16-13-17(12)7-4-8-19-13/h1-3,5-6H,4,7-9H2,(H,14,15,18). The molecule has 1 N–H and O–H groups in total. The molecule has 0 aliphatic carbocycles. The van der Waals surface area contributed by atoms with E-state index in [1.807, 2.05) is 34.9 Å². The number of benzene rings is 1. The maximum absolute atomic E-state index is 12.0. The highest BCUT2D eigenvalue weighted by Crippen LogP contribution is 2.25. The first kappa shape index (κ1) is 12.2. The third kappa shape index (κ3) is 2.78. The van der Waals surface area contributed by atoms with Gasteiger partial charge in [-0.05, 0) is 12.0 Å². The smallest absolute Gasteiger partial charge is 0.231 e. The number of hydrogen-bond donors (Lipinski definition) is 1. The number of hydrogen-bond acceptors (Lipinski definition) is 4. The van der Waals surface area contributed by atoms with Crippen LogP contribution in [0.3, 0.4) is 0 Å². The van der Waals surface area contributed by atoms with Crippen LogP contribution in [-0.4, -0.2) is 26.4 Å². The van der Waals surface area contributed by atoms with E-state index in [0.717, 1.165) is 29.4 Å². The fourth-order valence-corrected chi connectivity index (χ4v) is 2.91. The molecule has 0 atom stereocenters. The first-order valence-electron chi connectivity index (χ1n) is 6.23. The van der Waals surface area contributed by atoms with Gasteiger partial charge in [0.2, 0.25) is 11.9 Å². The van der Waals surface area contributed by atoms with Gasteiger partial charge in [0.15, 0.2) is 5.16 Å². The summed E-state index contributed by atoms with van der Waals surface area (Å²) in [6, 6.07) is 9.67. The van der Waals surface area contributed by atoms with E-state index in [-0.39, 0.29) is 5.91 Å². The van der Waals surface area contributed by atoms with Crippen molar-refractivity contribution < 1.29 is 4.79 Å². The van der Waals surface area contributed by atoms with Gasteiger partial charge in [0.25, 0.3) is 0 Å². The van der Waals surface area contributed by atoms with Gasteiger partial charge in [-0.2, -0.15) is 0 Å². The monoisotopic (exact) mass is 274 g/mol. The average Bonchev–Trinajstić information content (AvgIpc) is 2.83. The van der Waals surface area contributed by atoms with Crippen LogP contribution in [0, 0.1) is 0 Å². The molecule has 5 nitrogen and oxygen atoms in total. The van der Waals surface area contributed by atoms with Crippen LogP contribution >= 0.6 is 11.8 Å². The summed E-state index contributed by atoms with van der Waals surface area (Å²) >= 11 is 1.68. The van der Waals surface area contributed by atoms with Gasteiger partial charge in [-0.3, -0.25) is 14.7 Å². The lowest BCUT2D eigenvalue weighted by molar-refractivity contribution is -0.115. The van der Waals surface area contributed by atoms with Crippen molar-refractivity contribution in [3.8, 4) is 0 Å². The molecule has 0 saturated heterocycles. The van der Waals surface area contributed by atoms with E-state index in [9.17, 15) is 4.79 Å². The molecule has 6 heteroatoms. The van der Waals surface area contributed by atoms with E-state index >= 15 is 0 Å². The van der Waals surface area contributed by atoms with E-state index in [4.69, 9.17) is 0 Å². The van der Waals surface area contributed by atoms with E-state index in [0.29, 0.717) is 12.4 Å². The Kier molecular flexibility index (Phi) is 3.50. The number of anilines is 1. The van der Waals surface area contributed by atoms with Crippen LogP contribution in [0.2, 0.25) is 0 Å². The number of carbonyl (C=O) groups is 1. The molecule has 1 aliphatic rings. The van der Waals surface area contributed by atoms with Crippen molar-refractivity contribution in [3.63, 3.8) is 0 Å². The first-order chi connectivity index (χ1) is 9.33. The van der Waals surface area contributed by atoms with Gasteiger partial charge in [0, 0.05) is 12.3 Å². The fraction of sp³-hybridized carbons (Fsp3) is 0.308. The lowest BCUT2D eigenvalue weighted by Gasteiger charge is -2.14. The zero-order valence-corrected chi connectivity index (χ0v) is 11.2. The van der Waals surface area contributed by atoms with Crippen molar-refractivity contribution in [1.82, 2.24) is 14.8 Å². The van der Waals surface area contributed by atoms with Gasteiger partial charge in [0.1, 0.15) is 0 Å². The third-order valence-electron chi connectivity index (χ3n) is 2.93. The maximum atomic E-state index is 12.0. The minimum atomic E-state index is -0.0584. The molecule has 0 fully saturated rings. The van der Waals surface area contributed by atoms with E-state index in [2.05, 4.69) is 15.5 Å². The van der Waals surface area contributed by atoms with Crippen molar-refractivity contribution in [2.45, 2.75) is 24.5 Å². The molecule has 2 heterocycles. The second-order valence-electron chi connectivity index (χ2n) is 4.37. The Labute approximate surface area is 115 Å². The quantitative estimate of drug-likeness (QED) is 0.929. The molecule has 2 aromatic rings. The summed E-state index contributed by atoms with van der Waals surface area (Å²) in [5, 5.41) is 11.8. The lowest BCUT2D eigenvalue weighted by Crippen LogP contribution is -2.19. The number of rotatable bonds is 3. The van der Waals surface area contributed by atoms with Crippen molar-refractivity contribution in [1.29, 1.82) is 0 Å². The summed E-state index contributed by atoms with van der Waals surface area (Å²) < 4.78 is 1.97. The maximum Gasteiger partial charge on any atom is 0.231 e. The molecule has 1 aliphatic heterocycles. The summed E-state index contributed by atoms with van der Waals surface area (Å²) in [5.41, 5.74) is 0.993. The number of amides is 1. The Morgan fingerprint density at radius 3 is 3.00 bits per heavy atom. The van der Waals surface area contributed by atoms with Crippen LogP contribution in [0.5, 0.6) is 0 Å². The number of nitrogens with one attached hydrogen (secondary N) is 1. The highest BCUT2D eigenvalue weighted by Gasteiger charge is 2.17. The van der Waals surface area contributed by atoms with Crippen LogP contribution < -0.4 is 5.32 Å². The van der Waals surface area contributed by atoms with Gasteiger partial charge in [0.05, 0.1) is 6.42 Å². The van der Waals surface area contributed by atoms with Crippen molar-refractivity contribution in [2.75, 3.05) is 11.1 Å².